The van der Waals surface area contributed by atoms with E-state index in [9.17, 15) is 0 Å². The van der Waals surface area contributed by atoms with Gasteiger partial charge < -0.3 is 4.90 Å². The molecule has 1 aliphatic rings. The van der Waals surface area contributed by atoms with Crippen molar-refractivity contribution in [1.82, 2.24) is 0 Å². The second-order valence-corrected chi connectivity index (χ2v) is 11.4. The molecule has 0 radical (unpaired) electrons. The molecule has 0 heterocycles. The minimum Gasteiger partial charge on any atom is -0.310 e. The van der Waals surface area contributed by atoms with Crippen molar-refractivity contribution >= 4 is 29.2 Å². The van der Waals surface area contributed by atoms with E-state index in [1.165, 1.54) is 67.1 Å². The van der Waals surface area contributed by atoms with Gasteiger partial charge in [0.15, 0.2) is 0 Å². The molecule has 1 heteroatoms. The van der Waals surface area contributed by atoms with Crippen LogP contribution in [0.5, 0.6) is 0 Å². The SMILES string of the molecule is Cc1ccc(C=Cc2ccc3c(c2)C(C)(C)c2cc(N(c4cccc(C)c4)c4ccccc4C)ccc2-3)cc1. The van der Waals surface area contributed by atoms with Crippen molar-refractivity contribution < 1.29 is 0 Å². The molecule has 6 rings (SSSR count). The van der Waals surface area contributed by atoms with Crippen LogP contribution >= 0.6 is 0 Å². The molecule has 1 aliphatic carbocycles. The molecule has 0 spiro atoms. The third-order valence-electron chi connectivity index (χ3n) is 8.10. The molecule has 0 amide bonds. The summed E-state index contributed by atoms with van der Waals surface area (Å²) in [6.07, 6.45) is 4.43. The first-order valence-corrected chi connectivity index (χ1v) is 13.8. The second-order valence-electron chi connectivity index (χ2n) is 11.4. The first kappa shape index (κ1) is 24.9. The molecule has 0 aromatic heterocycles. The number of benzene rings is 5. The summed E-state index contributed by atoms with van der Waals surface area (Å²) in [6, 6.07) is 40.0. The molecule has 39 heavy (non-hydrogen) atoms. The van der Waals surface area contributed by atoms with Crippen LogP contribution in [0.3, 0.4) is 0 Å². The van der Waals surface area contributed by atoms with Gasteiger partial charge in [-0.2, -0.15) is 0 Å². The summed E-state index contributed by atoms with van der Waals surface area (Å²) in [7, 11) is 0. The Labute approximate surface area is 233 Å². The normalized spacial score (nSPS) is 13.4. The summed E-state index contributed by atoms with van der Waals surface area (Å²) in [6.45, 7) is 11.2. The largest absolute Gasteiger partial charge is 0.310 e. The van der Waals surface area contributed by atoms with Gasteiger partial charge in [-0.1, -0.05) is 110 Å². The molecule has 0 aliphatic heterocycles. The average Bonchev–Trinajstić information content (AvgIpc) is 3.15. The van der Waals surface area contributed by atoms with Crippen LogP contribution in [0, 0.1) is 20.8 Å². The van der Waals surface area contributed by atoms with Crippen molar-refractivity contribution in [2.45, 2.75) is 40.0 Å². The highest BCUT2D eigenvalue weighted by molar-refractivity contribution is 5.87. The maximum atomic E-state index is 2.41. The van der Waals surface area contributed by atoms with Crippen LogP contribution in [0.15, 0.2) is 109 Å². The van der Waals surface area contributed by atoms with Crippen molar-refractivity contribution in [1.29, 1.82) is 0 Å². The van der Waals surface area contributed by atoms with Gasteiger partial charge >= 0.3 is 0 Å². The zero-order chi connectivity index (χ0) is 27.1. The lowest BCUT2D eigenvalue weighted by Crippen LogP contribution is -2.17. The summed E-state index contributed by atoms with van der Waals surface area (Å²) in [4.78, 5) is 2.40. The van der Waals surface area contributed by atoms with Gasteiger partial charge in [-0.15, -0.1) is 0 Å². The van der Waals surface area contributed by atoms with Crippen LogP contribution in [-0.4, -0.2) is 0 Å². The van der Waals surface area contributed by atoms with Crippen molar-refractivity contribution in [3.63, 3.8) is 0 Å². The molecule has 0 bridgehead atoms. The minimum atomic E-state index is -0.0988. The van der Waals surface area contributed by atoms with E-state index < -0.39 is 0 Å². The van der Waals surface area contributed by atoms with E-state index >= 15 is 0 Å². The Balaban J connectivity index is 1.42. The van der Waals surface area contributed by atoms with Gasteiger partial charge in [0.25, 0.3) is 0 Å². The molecule has 1 nitrogen and oxygen atoms in total. The van der Waals surface area contributed by atoms with Crippen molar-refractivity contribution in [3.8, 4) is 11.1 Å². The molecule has 0 saturated carbocycles. The first-order chi connectivity index (χ1) is 18.8. The molecular formula is C38H35N. The van der Waals surface area contributed by atoms with E-state index in [1.54, 1.807) is 0 Å². The number of rotatable bonds is 5. The van der Waals surface area contributed by atoms with Crippen LogP contribution in [0.1, 0.15) is 52.8 Å². The van der Waals surface area contributed by atoms with Gasteiger partial charge in [-0.05, 0) is 95.6 Å². The van der Waals surface area contributed by atoms with Crippen LogP contribution < -0.4 is 4.90 Å². The van der Waals surface area contributed by atoms with Crippen molar-refractivity contribution in [3.05, 3.63) is 148 Å². The number of nitrogens with zero attached hydrogens (tertiary/aromatic N) is 1. The molecular weight excluding hydrogens is 470 g/mol. The van der Waals surface area contributed by atoms with Gasteiger partial charge in [-0.25, -0.2) is 0 Å². The second kappa shape index (κ2) is 9.75. The van der Waals surface area contributed by atoms with Crippen LogP contribution in [0.25, 0.3) is 23.3 Å². The molecule has 0 unspecified atom stereocenters. The maximum Gasteiger partial charge on any atom is 0.0490 e. The summed E-state index contributed by atoms with van der Waals surface area (Å²) in [5.74, 6) is 0. The summed E-state index contributed by atoms with van der Waals surface area (Å²) < 4.78 is 0. The minimum absolute atomic E-state index is 0.0988. The zero-order valence-corrected chi connectivity index (χ0v) is 23.5. The Morgan fingerprint density at radius 2 is 1.18 bits per heavy atom. The van der Waals surface area contributed by atoms with Gasteiger partial charge in [0.05, 0.1) is 0 Å². The summed E-state index contributed by atoms with van der Waals surface area (Å²) >= 11 is 0. The highest BCUT2D eigenvalue weighted by atomic mass is 15.1. The third-order valence-corrected chi connectivity index (χ3v) is 8.10. The quantitative estimate of drug-likeness (QED) is 0.215. The van der Waals surface area contributed by atoms with Gasteiger partial charge in [-0.3, -0.25) is 0 Å². The highest BCUT2D eigenvalue weighted by Crippen LogP contribution is 2.51. The zero-order valence-electron chi connectivity index (χ0n) is 23.5. The summed E-state index contributed by atoms with van der Waals surface area (Å²) in [5, 5.41) is 0. The predicted octanol–water partition coefficient (Wildman–Crippen LogP) is 10.6. The molecule has 0 fully saturated rings. The molecule has 5 aromatic carbocycles. The molecule has 0 atom stereocenters. The Bertz CT molecular complexity index is 1700. The lowest BCUT2D eigenvalue weighted by atomic mass is 9.81. The number of para-hydroxylation sites is 1. The number of fused-ring (bicyclic) bond motifs is 3. The molecule has 0 N–H and O–H groups in total. The van der Waals surface area contributed by atoms with E-state index in [0.29, 0.717) is 0 Å². The van der Waals surface area contributed by atoms with Crippen molar-refractivity contribution in [2.75, 3.05) is 4.90 Å². The Kier molecular flexibility index (Phi) is 6.23. The number of hydrogen-bond acceptors (Lipinski definition) is 1. The van der Waals surface area contributed by atoms with E-state index in [1.807, 2.05) is 0 Å². The van der Waals surface area contributed by atoms with Crippen LogP contribution in [0.2, 0.25) is 0 Å². The lowest BCUT2D eigenvalue weighted by molar-refractivity contribution is 0.660. The third kappa shape index (κ3) is 4.59. The fourth-order valence-corrected chi connectivity index (χ4v) is 5.86. The number of hydrogen-bond donors (Lipinski definition) is 0. The monoisotopic (exact) mass is 505 g/mol. The van der Waals surface area contributed by atoms with Gasteiger partial charge in [0.2, 0.25) is 0 Å². The van der Waals surface area contributed by atoms with E-state index in [-0.39, 0.29) is 5.41 Å². The van der Waals surface area contributed by atoms with Crippen LogP contribution in [0.4, 0.5) is 17.1 Å². The molecule has 5 aromatic rings. The Morgan fingerprint density at radius 3 is 1.92 bits per heavy atom. The lowest BCUT2D eigenvalue weighted by Gasteiger charge is -2.29. The Hall–Kier alpha value is -4.36. The first-order valence-electron chi connectivity index (χ1n) is 13.8. The maximum absolute atomic E-state index is 2.41. The fourth-order valence-electron chi connectivity index (χ4n) is 5.86. The standard InChI is InChI=1S/C38H35N/c1-26-13-15-29(16-14-26)17-18-30-19-21-33-34-22-20-32(25-36(34)38(4,5)35(33)24-30)39(31-11-8-9-27(2)23-31)37-12-7-6-10-28(37)3/h6-25H,1-5H3. The topological polar surface area (TPSA) is 3.24 Å². The van der Waals surface area contributed by atoms with E-state index in [2.05, 4.69) is 161 Å². The van der Waals surface area contributed by atoms with Crippen LogP contribution in [-0.2, 0) is 5.41 Å². The molecule has 192 valence electrons. The number of anilines is 3. The highest BCUT2D eigenvalue weighted by Gasteiger charge is 2.36. The van der Waals surface area contributed by atoms with Gasteiger partial charge in [0.1, 0.15) is 0 Å². The fraction of sp³-hybridized carbons (Fsp3) is 0.158. The smallest absolute Gasteiger partial charge is 0.0490 e. The van der Waals surface area contributed by atoms with E-state index in [0.717, 1.165) is 0 Å². The van der Waals surface area contributed by atoms with E-state index in [4.69, 9.17) is 0 Å². The Morgan fingerprint density at radius 1 is 0.538 bits per heavy atom. The molecule has 0 saturated heterocycles. The summed E-state index contributed by atoms with van der Waals surface area (Å²) in [5.41, 5.74) is 15.2. The predicted molar refractivity (Wildman–Crippen MR) is 168 cm³/mol. The average molecular weight is 506 g/mol. The van der Waals surface area contributed by atoms with Crippen molar-refractivity contribution in [2.24, 2.45) is 0 Å². The number of aryl methyl sites for hydroxylation is 3. The van der Waals surface area contributed by atoms with Gasteiger partial charge in [0, 0.05) is 22.5 Å².